The first-order chi connectivity index (χ1) is 6.89. The summed E-state index contributed by atoms with van der Waals surface area (Å²) in [5.74, 6) is 0. The fourth-order valence-electron chi connectivity index (χ4n) is 1.43. The number of hydrogen-bond donors (Lipinski definition) is 0. The number of hydrogen-bond acceptors (Lipinski definition) is 3. The molecule has 0 unspecified atom stereocenters. The van der Waals surface area contributed by atoms with Gasteiger partial charge in [-0.3, -0.25) is 0 Å². The van der Waals surface area contributed by atoms with E-state index >= 15 is 0 Å². The van der Waals surface area contributed by atoms with Crippen LogP contribution in [0.3, 0.4) is 0 Å². The topological polar surface area (TPSA) is 25.8 Å². The summed E-state index contributed by atoms with van der Waals surface area (Å²) in [6, 6.07) is 0. The van der Waals surface area contributed by atoms with Gasteiger partial charge in [0.15, 0.2) is 0 Å². The normalized spacial score (nSPS) is 12.3. The van der Waals surface area contributed by atoms with Gasteiger partial charge in [-0.15, -0.1) is 11.3 Å². The number of rotatable bonds is 0. The molecule has 2 aromatic rings. The van der Waals surface area contributed by atoms with Gasteiger partial charge in [0.05, 0.1) is 5.39 Å². The Hall–Kier alpha value is -0.380. The van der Waals surface area contributed by atoms with E-state index in [0.29, 0.717) is 5.15 Å². The van der Waals surface area contributed by atoms with Crippen molar-refractivity contribution in [2.75, 3.05) is 0 Å². The minimum Gasteiger partial charge on any atom is -0.207 e. The van der Waals surface area contributed by atoms with Gasteiger partial charge >= 0.3 is 0 Å². The summed E-state index contributed by atoms with van der Waals surface area (Å²) in [6.07, 6.45) is 0. The quantitative estimate of drug-likeness (QED) is 0.522. The van der Waals surface area contributed by atoms with Crippen LogP contribution in [-0.2, 0) is 5.41 Å². The van der Waals surface area contributed by atoms with E-state index in [1.165, 1.54) is 5.56 Å². The molecular weight excluding hydrogens is 251 g/mol. The molecule has 0 spiro atoms. The van der Waals surface area contributed by atoms with Gasteiger partial charge in [-0.25, -0.2) is 9.97 Å². The summed E-state index contributed by atoms with van der Waals surface area (Å²) in [7, 11) is 0. The van der Waals surface area contributed by atoms with E-state index in [0.717, 1.165) is 10.2 Å². The van der Waals surface area contributed by atoms with Crippen molar-refractivity contribution in [3.05, 3.63) is 21.4 Å². The molecule has 2 nitrogen and oxygen atoms in total. The van der Waals surface area contributed by atoms with Gasteiger partial charge in [-0.1, -0.05) is 32.4 Å². The minimum absolute atomic E-state index is 0.0408. The van der Waals surface area contributed by atoms with Gasteiger partial charge in [0.1, 0.15) is 9.98 Å². The maximum Gasteiger partial charge on any atom is 0.225 e. The Kier molecular flexibility index (Phi) is 2.65. The molecule has 0 radical (unpaired) electrons. The van der Waals surface area contributed by atoms with Gasteiger partial charge in [0, 0.05) is 0 Å². The molecule has 5 heteroatoms. The molecule has 2 aromatic heterocycles. The van der Waals surface area contributed by atoms with Crippen LogP contribution in [0.5, 0.6) is 0 Å². The molecular formula is C10H10Cl2N2S. The van der Waals surface area contributed by atoms with E-state index in [1.54, 1.807) is 11.3 Å². The van der Waals surface area contributed by atoms with Gasteiger partial charge in [-0.05, 0) is 28.0 Å². The molecule has 0 bridgehead atoms. The van der Waals surface area contributed by atoms with Gasteiger partial charge in [-0.2, -0.15) is 0 Å². The van der Waals surface area contributed by atoms with Crippen LogP contribution < -0.4 is 0 Å². The highest BCUT2D eigenvalue weighted by atomic mass is 35.5. The van der Waals surface area contributed by atoms with Crippen LogP contribution >= 0.6 is 34.5 Å². The van der Waals surface area contributed by atoms with Crippen LogP contribution in [0.25, 0.3) is 10.2 Å². The minimum atomic E-state index is 0.0408. The van der Waals surface area contributed by atoms with Crippen molar-refractivity contribution >= 4 is 44.8 Å². The molecule has 0 aliphatic rings. The molecule has 0 saturated carbocycles. The maximum absolute atomic E-state index is 6.09. The zero-order valence-corrected chi connectivity index (χ0v) is 11.0. The Labute approximate surface area is 102 Å². The van der Waals surface area contributed by atoms with Crippen molar-refractivity contribution in [3.63, 3.8) is 0 Å². The van der Waals surface area contributed by atoms with Crippen molar-refractivity contribution in [1.82, 2.24) is 9.97 Å². The number of aromatic nitrogens is 2. The van der Waals surface area contributed by atoms with Crippen molar-refractivity contribution in [2.45, 2.75) is 26.2 Å². The molecule has 0 aliphatic carbocycles. The summed E-state index contributed by atoms with van der Waals surface area (Å²) >= 11 is 13.4. The lowest BCUT2D eigenvalue weighted by molar-refractivity contribution is 0.597. The van der Waals surface area contributed by atoms with Crippen molar-refractivity contribution in [1.29, 1.82) is 0 Å². The monoisotopic (exact) mass is 260 g/mol. The lowest BCUT2D eigenvalue weighted by atomic mass is 9.88. The van der Waals surface area contributed by atoms with Crippen LogP contribution in [-0.4, -0.2) is 9.97 Å². The molecule has 0 aromatic carbocycles. The van der Waals surface area contributed by atoms with Gasteiger partial charge < -0.3 is 0 Å². The van der Waals surface area contributed by atoms with E-state index in [9.17, 15) is 0 Å². The summed E-state index contributed by atoms with van der Waals surface area (Å²) in [5, 5.41) is 3.64. The van der Waals surface area contributed by atoms with E-state index in [-0.39, 0.29) is 10.7 Å². The van der Waals surface area contributed by atoms with Gasteiger partial charge in [0.2, 0.25) is 5.28 Å². The molecule has 2 heterocycles. The Bertz CT molecular complexity index is 514. The van der Waals surface area contributed by atoms with E-state index < -0.39 is 0 Å². The highest BCUT2D eigenvalue weighted by molar-refractivity contribution is 7.17. The summed E-state index contributed by atoms with van der Waals surface area (Å²) < 4.78 is 0. The lowest BCUT2D eigenvalue weighted by Crippen LogP contribution is -2.10. The third-order valence-corrected chi connectivity index (χ3v) is 3.48. The van der Waals surface area contributed by atoms with Gasteiger partial charge in [0.25, 0.3) is 0 Å². The van der Waals surface area contributed by atoms with Crippen LogP contribution in [0, 0.1) is 0 Å². The molecule has 0 amide bonds. The Morgan fingerprint density at radius 3 is 2.47 bits per heavy atom. The van der Waals surface area contributed by atoms with Crippen LogP contribution in [0.4, 0.5) is 0 Å². The third kappa shape index (κ3) is 1.96. The standard InChI is InChI=1S/C10H10Cl2N2S/c1-10(2,3)5-4-15-8-6(5)7(11)13-9(12)14-8/h4H,1-3H3. The van der Waals surface area contributed by atoms with E-state index in [1.807, 2.05) is 0 Å². The second-order valence-electron chi connectivity index (χ2n) is 4.36. The number of fused-ring (bicyclic) bond motifs is 1. The first-order valence-corrected chi connectivity index (χ1v) is 6.14. The predicted molar refractivity (Wildman–Crippen MR) is 66.1 cm³/mol. The maximum atomic E-state index is 6.09. The molecule has 0 aliphatic heterocycles. The average molecular weight is 261 g/mol. The van der Waals surface area contributed by atoms with Crippen LogP contribution in [0.1, 0.15) is 26.3 Å². The molecule has 0 saturated heterocycles. The zero-order chi connectivity index (χ0) is 11.2. The molecule has 15 heavy (non-hydrogen) atoms. The van der Waals surface area contributed by atoms with Crippen molar-refractivity contribution in [2.24, 2.45) is 0 Å². The Balaban J connectivity index is 2.81. The highest BCUT2D eigenvalue weighted by Gasteiger charge is 2.21. The first kappa shape index (κ1) is 11.1. The fourth-order valence-corrected chi connectivity index (χ4v) is 3.18. The number of nitrogens with zero attached hydrogens (tertiary/aromatic N) is 2. The fraction of sp³-hybridized carbons (Fsp3) is 0.400. The predicted octanol–water partition coefficient (Wildman–Crippen LogP) is 4.30. The highest BCUT2D eigenvalue weighted by Crippen LogP contribution is 2.37. The average Bonchev–Trinajstić information content (AvgIpc) is 2.45. The van der Waals surface area contributed by atoms with E-state index in [4.69, 9.17) is 23.2 Å². The molecule has 0 atom stereocenters. The largest absolute Gasteiger partial charge is 0.225 e. The van der Waals surface area contributed by atoms with Crippen molar-refractivity contribution in [3.8, 4) is 0 Å². The Morgan fingerprint density at radius 1 is 1.20 bits per heavy atom. The number of halogens is 2. The number of thiophene rings is 1. The van der Waals surface area contributed by atoms with Crippen LogP contribution in [0.2, 0.25) is 10.4 Å². The van der Waals surface area contributed by atoms with Crippen LogP contribution in [0.15, 0.2) is 5.38 Å². The molecule has 2 rings (SSSR count). The molecule has 0 N–H and O–H groups in total. The lowest BCUT2D eigenvalue weighted by Gasteiger charge is -2.17. The summed E-state index contributed by atoms with van der Waals surface area (Å²) in [5.41, 5.74) is 1.21. The van der Waals surface area contributed by atoms with E-state index in [2.05, 4.69) is 36.1 Å². The zero-order valence-electron chi connectivity index (χ0n) is 8.64. The summed E-state index contributed by atoms with van der Waals surface area (Å²) in [6.45, 7) is 6.41. The summed E-state index contributed by atoms with van der Waals surface area (Å²) in [4.78, 5) is 8.99. The molecule has 80 valence electrons. The smallest absolute Gasteiger partial charge is 0.207 e. The third-order valence-electron chi connectivity index (χ3n) is 2.17. The van der Waals surface area contributed by atoms with Crippen molar-refractivity contribution < 1.29 is 0 Å². The SMILES string of the molecule is CC(C)(C)c1csc2nc(Cl)nc(Cl)c12. The second-order valence-corrected chi connectivity index (χ2v) is 5.92. The second kappa shape index (κ2) is 3.58. The molecule has 0 fully saturated rings. The Morgan fingerprint density at radius 2 is 1.87 bits per heavy atom. The first-order valence-electron chi connectivity index (χ1n) is 4.50.